The van der Waals surface area contributed by atoms with Gasteiger partial charge in [0, 0.05) is 6.04 Å². The molecule has 0 bridgehead atoms. The summed E-state index contributed by atoms with van der Waals surface area (Å²) in [5, 5.41) is 13.7. The number of aliphatic hydroxyl groups is 1. The summed E-state index contributed by atoms with van der Waals surface area (Å²) in [6.07, 6.45) is 3.16. The second-order valence-electron chi connectivity index (χ2n) is 5.32. The SMILES string of the molecule is CC(C)c1ccc(C(O)C2CCCCN2)cc1. The second kappa shape index (κ2) is 5.65. The molecular weight excluding hydrogens is 210 g/mol. The van der Waals surface area contributed by atoms with E-state index in [4.69, 9.17) is 0 Å². The van der Waals surface area contributed by atoms with E-state index in [-0.39, 0.29) is 12.1 Å². The van der Waals surface area contributed by atoms with E-state index >= 15 is 0 Å². The zero-order valence-corrected chi connectivity index (χ0v) is 10.8. The van der Waals surface area contributed by atoms with Gasteiger partial charge in [-0.05, 0) is 36.4 Å². The fourth-order valence-electron chi connectivity index (χ4n) is 2.46. The number of aliphatic hydroxyl groups excluding tert-OH is 1. The number of nitrogens with one attached hydrogen (secondary N) is 1. The molecule has 2 heteroatoms. The summed E-state index contributed by atoms with van der Waals surface area (Å²) in [6, 6.07) is 8.62. The molecule has 17 heavy (non-hydrogen) atoms. The van der Waals surface area contributed by atoms with Gasteiger partial charge in [0.15, 0.2) is 0 Å². The molecular formula is C15H23NO. The minimum Gasteiger partial charge on any atom is -0.387 e. The van der Waals surface area contributed by atoms with Crippen LogP contribution in [0.3, 0.4) is 0 Å². The second-order valence-corrected chi connectivity index (χ2v) is 5.32. The van der Waals surface area contributed by atoms with Gasteiger partial charge in [-0.15, -0.1) is 0 Å². The topological polar surface area (TPSA) is 32.3 Å². The van der Waals surface area contributed by atoms with Crippen LogP contribution in [0.25, 0.3) is 0 Å². The first-order valence-corrected chi connectivity index (χ1v) is 6.70. The number of piperidine rings is 1. The first-order chi connectivity index (χ1) is 8.18. The average Bonchev–Trinajstić information content (AvgIpc) is 2.39. The molecule has 0 radical (unpaired) electrons. The Morgan fingerprint density at radius 2 is 1.76 bits per heavy atom. The lowest BCUT2D eigenvalue weighted by Crippen LogP contribution is -2.38. The summed E-state index contributed by atoms with van der Waals surface area (Å²) >= 11 is 0. The smallest absolute Gasteiger partial charge is 0.0942 e. The molecule has 1 aromatic rings. The molecule has 1 aliphatic heterocycles. The summed E-state index contributed by atoms with van der Waals surface area (Å²) in [7, 11) is 0. The summed E-state index contributed by atoms with van der Waals surface area (Å²) in [4.78, 5) is 0. The Balaban J connectivity index is 2.05. The fraction of sp³-hybridized carbons (Fsp3) is 0.600. The van der Waals surface area contributed by atoms with Crippen LogP contribution in [0, 0.1) is 0 Å². The van der Waals surface area contributed by atoms with Crippen molar-refractivity contribution in [3.63, 3.8) is 0 Å². The predicted molar refractivity (Wildman–Crippen MR) is 71.1 cm³/mol. The van der Waals surface area contributed by atoms with Crippen LogP contribution in [0.4, 0.5) is 0 Å². The Hall–Kier alpha value is -0.860. The van der Waals surface area contributed by atoms with Crippen molar-refractivity contribution in [3.05, 3.63) is 35.4 Å². The molecule has 0 aliphatic carbocycles. The quantitative estimate of drug-likeness (QED) is 0.841. The zero-order chi connectivity index (χ0) is 12.3. The summed E-state index contributed by atoms with van der Waals surface area (Å²) in [6.45, 7) is 5.41. The largest absolute Gasteiger partial charge is 0.387 e. The van der Waals surface area contributed by atoms with Crippen LogP contribution in [0.2, 0.25) is 0 Å². The third kappa shape index (κ3) is 3.08. The van der Waals surface area contributed by atoms with Crippen molar-refractivity contribution in [3.8, 4) is 0 Å². The van der Waals surface area contributed by atoms with Crippen LogP contribution >= 0.6 is 0 Å². The van der Waals surface area contributed by atoms with Crippen LogP contribution in [0.15, 0.2) is 24.3 Å². The fourth-order valence-corrected chi connectivity index (χ4v) is 2.46. The zero-order valence-electron chi connectivity index (χ0n) is 10.8. The van der Waals surface area contributed by atoms with Crippen molar-refractivity contribution in [2.75, 3.05) is 6.54 Å². The minimum absolute atomic E-state index is 0.230. The maximum absolute atomic E-state index is 10.3. The Kier molecular flexibility index (Phi) is 4.19. The third-order valence-electron chi connectivity index (χ3n) is 3.67. The average molecular weight is 233 g/mol. The van der Waals surface area contributed by atoms with E-state index in [0.717, 1.165) is 18.5 Å². The molecule has 2 nitrogen and oxygen atoms in total. The monoisotopic (exact) mass is 233 g/mol. The van der Waals surface area contributed by atoms with Gasteiger partial charge >= 0.3 is 0 Å². The first kappa shape index (κ1) is 12.6. The lowest BCUT2D eigenvalue weighted by Gasteiger charge is -2.28. The van der Waals surface area contributed by atoms with Gasteiger partial charge in [0.05, 0.1) is 6.10 Å². The summed E-state index contributed by atoms with van der Waals surface area (Å²) in [5.74, 6) is 0.550. The van der Waals surface area contributed by atoms with E-state index in [1.807, 2.05) is 0 Å². The Morgan fingerprint density at radius 1 is 1.12 bits per heavy atom. The van der Waals surface area contributed by atoms with Gasteiger partial charge in [0.1, 0.15) is 0 Å². The number of benzene rings is 1. The van der Waals surface area contributed by atoms with Crippen molar-refractivity contribution < 1.29 is 5.11 Å². The van der Waals surface area contributed by atoms with Crippen LogP contribution in [-0.4, -0.2) is 17.7 Å². The number of rotatable bonds is 3. The van der Waals surface area contributed by atoms with Crippen LogP contribution in [0.5, 0.6) is 0 Å². The van der Waals surface area contributed by atoms with Crippen molar-refractivity contribution in [1.82, 2.24) is 5.32 Å². The lowest BCUT2D eigenvalue weighted by atomic mass is 9.93. The van der Waals surface area contributed by atoms with Crippen LogP contribution in [0.1, 0.15) is 56.3 Å². The highest BCUT2D eigenvalue weighted by Gasteiger charge is 2.22. The molecule has 0 amide bonds. The minimum atomic E-state index is -0.364. The Labute approximate surface area is 104 Å². The summed E-state index contributed by atoms with van der Waals surface area (Å²) in [5.41, 5.74) is 2.37. The van der Waals surface area contributed by atoms with Gasteiger partial charge in [-0.25, -0.2) is 0 Å². The molecule has 0 saturated carbocycles. The standard InChI is InChI=1S/C15H23NO/c1-11(2)12-6-8-13(9-7-12)15(17)14-5-3-4-10-16-14/h6-9,11,14-17H,3-5,10H2,1-2H3. The van der Waals surface area contributed by atoms with E-state index in [0.29, 0.717) is 5.92 Å². The van der Waals surface area contributed by atoms with Gasteiger partial charge < -0.3 is 10.4 Å². The molecule has 2 unspecified atom stereocenters. The molecule has 1 saturated heterocycles. The molecule has 0 aromatic heterocycles. The Morgan fingerprint density at radius 3 is 2.29 bits per heavy atom. The lowest BCUT2D eigenvalue weighted by molar-refractivity contribution is 0.114. The molecule has 2 rings (SSSR count). The van der Waals surface area contributed by atoms with Gasteiger partial charge in [-0.3, -0.25) is 0 Å². The highest BCUT2D eigenvalue weighted by atomic mass is 16.3. The van der Waals surface area contributed by atoms with E-state index in [2.05, 4.69) is 43.4 Å². The normalized spacial score (nSPS) is 22.7. The maximum atomic E-state index is 10.3. The van der Waals surface area contributed by atoms with E-state index < -0.39 is 0 Å². The molecule has 1 fully saturated rings. The number of hydrogen-bond donors (Lipinski definition) is 2. The van der Waals surface area contributed by atoms with Crippen LogP contribution in [-0.2, 0) is 0 Å². The van der Waals surface area contributed by atoms with E-state index in [9.17, 15) is 5.11 Å². The highest BCUT2D eigenvalue weighted by molar-refractivity contribution is 5.26. The molecule has 0 spiro atoms. The van der Waals surface area contributed by atoms with Gasteiger partial charge in [-0.2, -0.15) is 0 Å². The molecule has 1 aliphatic rings. The van der Waals surface area contributed by atoms with E-state index in [1.165, 1.54) is 18.4 Å². The van der Waals surface area contributed by atoms with Crippen molar-refractivity contribution >= 4 is 0 Å². The Bertz CT molecular complexity index is 338. The van der Waals surface area contributed by atoms with Gasteiger partial charge in [0.25, 0.3) is 0 Å². The maximum Gasteiger partial charge on any atom is 0.0942 e. The number of hydrogen-bond acceptors (Lipinski definition) is 2. The summed E-state index contributed by atoms with van der Waals surface area (Å²) < 4.78 is 0. The van der Waals surface area contributed by atoms with Crippen molar-refractivity contribution in [2.24, 2.45) is 0 Å². The van der Waals surface area contributed by atoms with E-state index in [1.54, 1.807) is 0 Å². The van der Waals surface area contributed by atoms with Crippen LogP contribution < -0.4 is 5.32 Å². The molecule has 2 N–H and O–H groups in total. The molecule has 1 heterocycles. The molecule has 2 atom stereocenters. The molecule has 94 valence electrons. The first-order valence-electron chi connectivity index (χ1n) is 6.70. The third-order valence-corrected chi connectivity index (χ3v) is 3.67. The predicted octanol–water partition coefficient (Wildman–Crippen LogP) is 2.99. The van der Waals surface area contributed by atoms with Gasteiger partial charge in [0.2, 0.25) is 0 Å². The van der Waals surface area contributed by atoms with Gasteiger partial charge in [-0.1, -0.05) is 44.5 Å². The van der Waals surface area contributed by atoms with Crippen molar-refractivity contribution in [1.29, 1.82) is 0 Å². The highest BCUT2D eigenvalue weighted by Crippen LogP contribution is 2.24. The molecule has 1 aromatic carbocycles. The van der Waals surface area contributed by atoms with Crippen molar-refractivity contribution in [2.45, 2.75) is 51.2 Å².